The largest absolute Gasteiger partial charge is 0.464 e. The smallest absolute Gasteiger partial charge is 0.338 e. The lowest BCUT2D eigenvalue weighted by Crippen LogP contribution is -2.47. The van der Waals surface area contributed by atoms with Crippen LogP contribution < -0.4 is 10.4 Å². The lowest BCUT2D eigenvalue weighted by molar-refractivity contribution is -1.00. The Morgan fingerprint density at radius 3 is 2.40 bits per heavy atom. The van der Waals surface area contributed by atoms with Gasteiger partial charge in [0.05, 0.1) is 22.7 Å². The zero-order chi connectivity index (χ0) is 20.9. The van der Waals surface area contributed by atoms with Crippen molar-refractivity contribution in [3.8, 4) is 0 Å². The number of benzene rings is 2. The van der Waals surface area contributed by atoms with E-state index in [4.69, 9.17) is 4.52 Å². The van der Waals surface area contributed by atoms with Gasteiger partial charge in [0.15, 0.2) is 5.58 Å². The molecular formula is C22H23FN3O4+. The summed E-state index contributed by atoms with van der Waals surface area (Å²) in [5, 5.41) is 37.8. The predicted octanol–water partition coefficient (Wildman–Crippen LogP) is 2.31. The van der Waals surface area contributed by atoms with E-state index in [1.54, 1.807) is 30.3 Å². The van der Waals surface area contributed by atoms with Crippen molar-refractivity contribution in [1.82, 2.24) is 10.1 Å². The third kappa shape index (κ3) is 2.96. The van der Waals surface area contributed by atoms with E-state index in [1.165, 1.54) is 12.1 Å². The van der Waals surface area contributed by atoms with E-state index in [0.29, 0.717) is 22.6 Å². The second kappa shape index (κ2) is 7.09. The average Bonchev–Trinajstić information content (AvgIpc) is 3.26. The quantitative estimate of drug-likeness (QED) is 0.570. The molecule has 3 aromatic rings. The first-order valence-electron chi connectivity index (χ1n) is 10.1. The van der Waals surface area contributed by atoms with Crippen molar-refractivity contribution in [3.05, 3.63) is 64.4 Å². The molecular weight excluding hydrogens is 389 g/mol. The molecule has 1 fully saturated rings. The highest BCUT2D eigenvalue weighted by atomic mass is 19.1. The van der Waals surface area contributed by atoms with Gasteiger partial charge in [-0.25, -0.2) is 9.60 Å². The second-order valence-electron chi connectivity index (χ2n) is 8.01. The van der Waals surface area contributed by atoms with Gasteiger partial charge in [0.2, 0.25) is 0 Å². The van der Waals surface area contributed by atoms with Gasteiger partial charge in [0.1, 0.15) is 12.4 Å². The van der Waals surface area contributed by atoms with Crippen LogP contribution in [0.1, 0.15) is 24.5 Å². The Balaban J connectivity index is 1.25. The molecule has 1 aromatic heterocycles. The van der Waals surface area contributed by atoms with Gasteiger partial charge >= 0.3 is 11.8 Å². The van der Waals surface area contributed by atoms with Crippen LogP contribution >= 0.6 is 0 Å². The molecule has 30 heavy (non-hydrogen) atoms. The summed E-state index contributed by atoms with van der Waals surface area (Å²) < 4.78 is 17.7. The van der Waals surface area contributed by atoms with E-state index in [1.807, 2.05) is 0 Å². The summed E-state index contributed by atoms with van der Waals surface area (Å²) in [5.74, 6) is -0.620. The molecule has 3 heterocycles. The van der Waals surface area contributed by atoms with Gasteiger partial charge in [-0.2, -0.15) is 0 Å². The number of hydroxylamine groups is 3. The third-order valence-corrected chi connectivity index (χ3v) is 6.29. The fourth-order valence-electron chi connectivity index (χ4n) is 4.53. The fraction of sp³-hybridized carbons (Fsp3) is 0.318. The van der Waals surface area contributed by atoms with Crippen molar-refractivity contribution in [2.45, 2.75) is 18.8 Å². The van der Waals surface area contributed by atoms with Crippen LogP contribution in [-0.2, 0) is 0 Å². The molecule has 0 atom stereocenters. The number of aromatic nitrogens is 1. The average molecular weight is 412 g/mol. The van der Waals surface area contributed by atoms with Crippen molar-refractivity contribution in [3.63, 3.8) is 0 Å². The fourth-order valence-corrected chi connectivity index (χ4v) is 4.53. The Kier molecular flexibility index (Phi) is 4.50. The Bertz CT molecular complexity index is 1190. The number of aliphatic hydroxyl groups is 2. The molecule has 0 unspecified atom stereocenters. The van der Waals surface area contributed by atoms with E-state index in [2.05, 4.69) is 10.1 Å². The minimum atomic E-state index is -0.973. The van der Waals surface area contributed by atoms with Gasteiger partial charge in [0.25, 0.3) is 0 Å². The number of rotatable bonds is 4. The standard InChI is InChI=1S/C22H22FN3O4/c23-15-5-6-18-19(13-15)30-24-20(18)14-7-9-25(10-8-14)11-12-26(29)21(27)16-3-1-2-4-17(16)22(26)28/h1-6,13-14,29H,7-12H2,(H-,27,28)/p+1. The minimum absolute atomic E-state index is 0.142. The molecule has 5 rings (SSSR count). The first-order chi connectivity index (χ1) is 14.5. The van der Waals surface area contributed by atoms with Crippen molar-refractivity contribution in [2.75, 3.05) is 26.2 Å². The highest BCUT2D eigenvalue weighted by molar-refractivity contribution is 5.79. The van der Waals surface area contributed by atoms with E-state index >= 15 is 0 Å². The number of piperidine rings is 1. The Labute approximate surface area is 171 Å². The van der Waals surface area contributed by atoms with Crippen molar-refractivity contribution >= 4 is 22.7 Å². The van der Waals surface area contributed by atoms with Gasteiger partial charge in [-0.1, -0.05) is 21.9 Å². The van der Waals surface area contributed by atoms with Crippen molar-refractivity contribution < 1.29 is 29.0 Å². The lowest BCUT2D eigenvalue weighted by Gasteiger charge is -2.32. The maximum Gasteiger partial charge on any atom is 0.338 e. The number of hydrogen-bond donors (Lipinski definition) is 3. The van der Waals surface area contributed by atoms with Gasteiger partial charge < -0.3 is 14.7 Å². The van der Waals surface area contributed by atoms with Crippen LogP contribution in [0.15, 0.2) is 47.0 Å². The molecule has 0 radical (unpaired) electrons. The van der Waals surface area contributed by atoms with E-state index < -0.39 is 4.65 Å². The lowest BCUT2D eigenvalue weighted by atomic mass is 9.91. The van der Waals surface area contributed by atoms with Crippen LogP contribution in [0.4, 0.5) is 4.39 Å². The molecule has 3 N–H and O–H groups in total. The highest BCUT2D eigenvalue weighted by Crippen LogP contribution is 2.33. The molecule has 2 aromatic carbocycles. The summed E-state index contributed by atoms with van der Waals surface area (Å²) in [4.78, 5) is 2.19. The topological polar surface area (TPSA) is 90.0 Å². The molecule has 2 aliphatic heterocycles. The second-order valence-corrected chi connectivity index (χ2v) is 8.01. The van der Waals surface area contributed by atoms with Crippen molar-refractivity contribution in [2.24, 2.45) is 0 Å². The molecule has 0 amide bonds. The first-order valence-corrected chi connectivity index (χ1v) is 10.1. The summed E-state index contributed by atoms with van der Waals surface area (Å²) in [6.45, 7) is 2.22. The molecule has 0 saturated carbocycles. The predicted molar refractivity (Wildman–Crippen MR) is 107 cm³/mol. The molecule has 2 aliphatic rings. The monoisotopic (exact) mass is 412 g/mol. The molecule has 7 nitrogen and oxygen atoms in total. The van der Waals surface area contributed by atoms with Crippen LogP contribution in [0.25, 0.3) is 22.7 Å². The summed E-state index contributed by atoms with van der Waals surface area (Å²) in [6.07, 6.45) is 1.71. The van der Waals surface area contributed by atoms with Gasteiger partial charge in [0, 0.05) is 17.4 Å². The number of nitrogens with zero attached hydrogens (tertiary/aromatic N) is 3. The third-order valence-electron chi connectivity index (χ3n) is 6.29. The number of quaternary nitrogens is 1. The van der Waals surface area contributed by atoms with Crippen LogP contribution in [0.3, 0.4) is 0 Å². The molecule has 8 heteroatoms. The Hall–Kier alpha value is -2.94. The molecule has 156 valence electrons. The van der Waals surface area contributed by atoms with Gasteiger partial charge in [-0.15, -0.1) is 0 Å². The SMILES string of the molecule is OC1=c2ccccc2=C(O)[N+]1(O)CCN1CCC(c2noc3cc(F)ccc23)CC1. The maximum atomic E-state index is 13.4. The number of likely N-dealkylation sites (tertiary alicyclic amines) is 1. The van der Waals surface area contributed by atoms with Gasteiger partial charge in [-0.3, -0.25) is 4.90 Å². The summed E-state index contributed by atoms with van der Waals surface area (Å²) in [7, 11) is 0. The van der Waals surface area contributed by atoms with Gasteiger partial charge in [-0.05, 0) is 50.2 Å². The summed E-state index contributed by atoms with van der Waals surface area (Å²) in [5.41, 5.74) is 1.33. The van der Waals surface area contributed by atoms with Crippen LogP contribution in [-0.4, -0.2) is 56.3 Å². The first kappa shape index (κ1) is 19.0. The van der Waals surface area contributed by atoms with Crippen LogP contribution in [0.2, 0.25) is 0 Å². The van der Waals surface area contributed by atoms with E-state index in [0.717, 1.165) is 37.0 Å². The molecule has 0 spiro atoms. The normalized spacial score (nSPS) is 19.5. The van der Waals surface area contributed by atoms with Crippen molar-refractivity contribution in [1.29, 1.82) is 0 Å². The Morgan fingerprint density at radius 1 is 1.07 bits per heavy atom. The van der Waals surface area contributed by atoms with Crippen LogP contribution in [0, 0.1) is 5.82 Å². The highest BCUT2D eigenvalue weighted by Gasteiger charge is 2.44. The van der Waals surface area contributed by atoms with Crippen LogP contribution in [0.5, 0.6) is 0 Å². The molecule has 0 bridgehead atoms. The molecule has 1 saturated heterocycles. The van der Waals surface area contributed by atoms with E-state index in [9.17, 15) is 19.8 Å². The zero-order valence-electron chi connectivity index (χ0n) is 16.3. The number of fused-ring (bicyclic) bond motifs is 2. The number of hydrogen-bond acceptors (Lipinski definition) is 6. The number of halogens is 1. The summed E-state index contributed by atoms with van der Waals surface area (Å²) in [6, 6.07) is 11.3. The summed E-state index contributed by atoms with van der Waals surface area (Å²) >= 11 is 0. The zero-order valence-corrected chi connectivity index (χ0v) is 16.3. The minimum Gasteiger partial charge on any atom is -0.464 e. The van der Waals surface area contributed by atoms with E-state index in [-0.39, 0.29) is 30.0 Å². The molecule has 0 aliphatic carbocycles. The number of aliphatic hydroxyl groups excluding tert-OH is 2. The maximum absolute atomic E-state index is 13.4. The Morgan fingerprint density at radius 2 is 1.73 bits per heavy atom.